The standard InChI is InChI=1S/C42H49N5O6/c43-37(48)23-7-5-21-13-27-41(50)15-25-26-16-42(51)28-14-22-6-8-24(38(44)49)34-30(22)40(42,10-12-47(28)18-20-3-4-20)36(53-34)32(26)45-31(25)35-39(41,29(21)33(23)52-35)9-11-46(27)17-19-1-2-19/h5-8,19-20,25-28,31-32,35-36,45,50-51H,1-4,9-18H2,(H2,43,48)(H2,44,49). The third-order valence-corrected chi connectivity index (χ3v) is 17.3. The summed E-state index contributed by atoms with van der Waals surface area (Å²) in [6.07, 6.45) is 8.31. The Hall–Kier alpha value is -3.22. The van der Waals surface area contributed by atoms with E-state index in [0.717, 1.165) is 50.1 Å². The first-order valence-electron chi connectivity index (χ1n) is 20.5. The summed E-state index contributed by atoms with van der Waals surface area (Å²) in [7, 11) is 0. The zero-order valence-electron chi connectivity index (χ0n) is 30.1. The third-order valence-electron chi connectivity index (χ3n) is 17.3. The Morgan fingerprint density at radius 1 is 0.717 bits per heavy atom. The number of rotatable bonds is 6. The molecule has 7 fully saturated rings. The van der Waals surface area contributed by atoms with Crippen molar-refractivity contribution in [3.8, 4) is 11.5 Å². The molecule has 7 N–H and O–H groups in total. The Bertz CT molecular complexity index is 1920. The van der Waals surface area contributed by atoms with E-state index in [1.165, 1.54) is 36.8 Å². The lowest BCUT2D eigenvalue weighted by atomic mass is 9.43. The number of nitrogens with zero attached hydrogens (tertiary/aromatic N) is 2. The summed E-state index contributed by atoms with van der Waals surface area (Å²) in [5.74, 6) is 1.51. The van der Waals surface area contributed by atoms with E-state index in [-0.39, 0.29) is 36.0 Å². The van der Waals surface area contributed by atoms with Gasteiger partial charge >= 0.3 is 0 Å². The second-order valence-corrected chi connectivity index (χ2v) is 19.3. The van der Waals surface area contributed by atoms with E-state index in [1.54, 1.807) is 0 Å². The zero-order valence-corrected chi connectivity index (χ0v) is 30.1. The van der Waals surface area contributed by atoms with Gasteiger partial charge in [0, 0.05) is 48.4 Å². The van der Waals surface area contributed by atoms with Gasteiger partial charge in [0.05, 0.1) is 33.2 Å². The fourth-order valence-electron chi connectivity index (χ4n) is 15.0. The molecule has 53 heavy (non-hydrogen) atoms. The molecule has 13 rings (SSSR count). The number of carbonyl (C=O) groups is 2. The van der Waals surface area contributed by atoms with E-state index in [4.69, 9.17) is 20.9 Å². The van der Waals surface area contributed by atoms with E-state index >= 15 is 0 Å². The van der Waals surface area contributed by atoms with E-state index in [0.29, 0.717) is 60.1 Å². The highest BCUT2D eigenvalue weighted by Gasteiger charge is 2.81. The highest BCUT2D eigenvalue weighted by Crippen LogP contribution is 2.71. The number of benzene rings is 2. The Labute approximate surface area is 308 Å². The molecule has 12 atom stereocenters. The molecule has 12 unspecified atom stereocenters. The molecule has 11 nitrogen and oxygen atoms in total. The van der Waals surface area contributed by atoms with Crippen molar-refractivity contribution in [3.05, 3.63) is 57.6 Å². The molecule has 2 aromatic carbocycles. The number of fused-ring (bicyclic) bond motifs is 5. The van der Waals surface area contributed by atoms with Crippen molar-refractivity contribution in [1.29, 1.82) is 0 Å². The Morgan fingerprint density at radius 2 is 1.15 bits per heavy atom. The van der Waals surface area contributed by atoms with Crippen molar-refractivity contribution in [1.82, 2.24) is 15.1 Å². The van der Waals surface area contributed by atoms with Gasteiger partial charge in [-0.15, -0.1) is 0 Å². The minimum Gasteiger partial charge on any atom is -0.487 e. The summed E-state index contributed by atoms with van der Waals surface area (Å²) in [4.78, 5) is 31.0. The topological polar surface area (TPSA) is 164 Å². The summed E-state index contributed by atoms with van der Waals surface area (Å²) in [6, 6.07) is 7.41. The minimum absolute atomic E-state index is 0.00249. The molecule has 3 saturated heterocycles. The van der Waals surface area contributed by atoms with Gasteiger partial charge < -0.3 is 36.5 Å². The van der Waals surface area contributed by atoms with Gasteiger partial charge in [-0.25, -0.2) is 0 Å². The van der Waals surface area contributed by atoms with Crippen molar-refractivity contribution >= 4 is 11.8 Å². The van der Waals surface area contributed by atoms with Gasteiger partial charge in [-0.05, 0) is 124 Å². The SMILES string of the molecule is NC(=O)c1ccc2c3c1OC1C4NC5C(CC6(O)C7Cc8ccc(C(N)=O)c9c8C6(CCN7CC6CC6)C5O9)C4CC4(O)C(C2)N(CC2CC2)CCC314. The van der Waals surface area contributed by atoms with E-state index < -0.39 is 46.1 Å². The van der Waals surface area contributed by atoms with Gasteiger partial charge in [0.1, 0.15) is 23.7 Å². The van der Waals surface area contributed by atoms with Crippen LogP contribution in [-0.4, -0.2) is 106 Å². The largest absolute Gasteiger partial charge is 0.487 e. The fraction of sp³-hybridized carbons (Fsp3) is 0.667. The van der Waals surface area contributed by atoms with Crippen molar-refractivity contribution in [2.24, 2.45) is 35.1 Å². The second kappa shape index (κ2) is 9.59. The van der Waals surface area contributed by atoms with Gasteiger partial charge in [-0.1, -0.05) is 12.1 Å². The number of carbonyl (C=O) groups excluding carboxylic acids is 2. The summed E-state index contributed by atoms with van der Waals surface area (Å²) in [6.45, 7) is 3.78. The molecule has 0 aromatic heterocycles. The van der Waals surface area contributed by atoms with Crippen LogP contribution in [0.15, 0.2) is 24.3 Å². The van der Waals surface area contributed by atoms with Gasteiger partial charge in [0.15, 0.2) is 0 Å². The highest BCUT2D eigenvalue weighted by molar-refractivity contribution is 5.97. The predicted octanol–water partition coefficient (Wildman–Crippen LogP) is 1.51. The monoisotopic (exact) mass is 719 g/mol. The van der Waals surface area contributed by atoms with Crippen LogP contribution in [0.4, 0.5) is 0 Å². The average Bonchev–Trinajstić information content (AvgIpc) is 4.02. The van der Waals surface area contributed by atoms with Crippen molar-refractivity contribution in [2.75, 3.05) is 26.2 Å². The normalized spacial score (nSPS) is 46.1. The second-order valence-electron chi connectivity index (χ2n) is 19.3. The number of nitrogens with one attached hydrogen (secondary N) is 1. The molecule has 11 aliphatic rings. The van der Waals surface area contributed by atoms with Crippen molar-refractivity contribution < 1.29 is 29.3 Å². The number of primary amides is 2. The molecule has 11 heteroatoms. The molecule has 2 amide bonds. The van der Waals surface area contributed by atoms with Gasteiger partial charge in [-0.3, -0.25) is 19.4 Å². The van der Waals surface area contributed by atoms with Crippen LogP contribution in [0.1, 0.15) is 94.3 Å². The Kier molecular flexibility index (Phi) is 5.61. The van der Waals surface area contributed by atoms with Crippen LogP contribution >= 0.6 is 0 Å². The molecule has 0 radical (unpaired) electrons. The lowest BCUT2D eigenvalue weighted by molar-refractivity contribution is -0.217. The maximum Gasteiger partial charge on any atom is 0.252 e. The number of amides is 2. The van der Waals surface area contributed by atoms with Gasteiger partial charge in [-0.2, -0.15) is 0 Å². The first kappa shape index (κ1) is 31.0. The molecule has 4 bridgehead atoms. The summed E-state index contributed by atoms with van der Waals surface area (Å²) in [5.41, 5.74) is 13.6. The number of nitrogens with two attached hydrogens (primary N) is 2. The van der Waals surface area contributed by atoms with Crippen LogP contribution in [-0.2, 0) is 23.7 Å². The van der Waals surface area contributed by atoms with Gasteiger partial charge in [0.2, 0.25) is 0 Å². The number of piperidine rings is 2. The predicted molar refractivity (Wildman–Crippen MR) is 192 cm³/mol. The van der Waals surface area contributed by atoms with E-state index in [1.807, 2.05) is 12.1 Å². The van der Waals surface area contributed by atoms with E-state index in [2.05, 4.69) is 27.2 Å². The fourth-order valence-corrected chi connectivity index (χ4v) is 15.0. The lowest BCUT2D eigenvalue weighted by Crippen LogP contribution is -2.79. The molecule has 278 valence electrons. The molecule has 2 spiro atoms. The first-order chi connectivity index (χ1) is 25.6. The summed E-state index contributed by atoms with van der Waals surface area (Å²) in [5, 5.41) is 31.5. The van der Waals surface area contributed by atoms with Crippen molar-refractivity contribution in [2.45, 2.75) is 123 Å². The zero-order chi connectivity index (χ0) is 35.6. The van der Waals surface area contributed by atoms with Crippen LogP contribution in [0, 0.1) is 23.7 Å². The van der Waals surface area contributed by atoms with Gasteiger partial charge in [0.25, 0.3) is 11.8 Å². The highest BCUT2D eigenvalue weighted by atomic mass is 16.5. The molecule has 5 aliphatic heterocycles. The molecule has 2 aromatic rings. The van der Waals surface area contributed by atoms with Crippen LogP contribution in [0.25, 0.3) is 0 Å². The smallest absolute Gasteiger partial charge is 0.252 e. The van der Waals surface area contributed by atoms with Crippen LogP contribution in [0.2, 0.25) is 0 Å². The number of hydrogen-bond donors (Lipinski definition) is 5. The van der Waals surface area contributed by atoms with Crippen molar-refractivity contribution in [3.63, 3.8) is 0 Å². The minimum atomic E-state index is -1.08. The lowest BCUT2D eigenvalue weighted by Gasteiger charge is -2.66. The molecular formula is C42H49N5O6. The third kappa shape index (κ3) is 3.42. The molecule has 5 heterocycles. The van der Waals surface area contributed by atoms with Crippen LogP contribution < -0.4 is 26.3 Å². The number of likely N-dealkylation sites (tertiary alicyclic amines) is 2. The molecule has 6 aliphatic carbocycles. The number of hydrogen-bond acceptors (Lipinski definition) is 9. The maximum atomic E-state index is 13.7. The Morgan fingerprint density at radius 3 is 1.55 bits per heavy atom. The number of aliphatic hydroxyl groups is 2. The maximum absolute atomic E-state index is 13.7. The van der Waals surface area contributed by atoms with Crippen LogP contribution in [0.5, 0.6) is 11.5 Å². The average molecular weight is 720 g/mol. The molecular weight excluding hydrogens is 670 g/mol. The molecule has 4 saturated carbocycles. The first-order valence-corrected chi connectivity index (χ1v) is 20.5. The van der Waals surface area contributed by atoms with Crippen LogP contribution in [0.3, 0.4) is 0 Å². The Balaban J connectivity index is 0.976. The number of ether oxygens (including phenoxy) is 2. The summed E-state index contributed by atoms with van der Waals surface area (Å²) >= 11 is 0. The van der Waals surface area contributed by atoms with E-state index in [9.17, 15) is 19.8 Å². The quantitative estimate of drug-likeness (QED) is 0.298. The summed E-state index contributed by atoms with van der Waals surface area (Å²) < 4.78 is 14.3.